The average molecular weight is 371 g/mol. The van der Waals surface area contributed by atoms with Crippen molar-refractivity contribution in [2.24, 2.45) is 11.8 Å². The topological polar surface area (TPSA) is 109 Å². The van der Waals surface area contributed by atoms with E-state index < -0.39 is 11.2 Å². The number of nitrogens with one attached hydrogen (secondary N) is 3. The zero-order chi connectivity index (χ0) is 19.1. The molecule has 2 aliphatic rings. The predicted molar refractivity (Wildman–Crippen MR) is 102 cm³/mol. The van der Waals surface area contributed by atoms with E-state index >= 15 is 0 Å². The summed E-state index contributed by atoms with van der Waals surface area (Å²) in [7, 11) is 0. The monoisotopic (exact) mass is 371 g/mol. The molecule has 0 bridgehead atoms. The van der Waals surface area contributed by atoms with Crippen molar-refractivity contribution in [2.45, 2.75) is 39.2 Å². The number of nitrogens with zero attached hydrogens (tertiary/aromatic N) is 2. The molecule has 0 unspecified atom stereocenters. The van der Waals surface area contributed by atoms with E-state index in [9.17, 15) is 14.4 Å². The van der Waals surface area contributed by atoms with Crippen molar-refractivity contribution in [1.82, 2.24) is 25.2 Å². The molecule has 1 aliphatic heterocycles. The van der Waals surface area contributed by atoms with Crippen molar-refractivity contribution < 1.29 is 4.79 Å². The van der Waals surface area contributed by atoms with Gasteiger partial charge in [-0.1, -0.05) is 13.8 Å². The molecule has 8 nitrogen and oxygen atoms in total. The van der Waals surface area contributed by atoms with Gasteiger partial charge in [0.2, 0.25) is 0 Å². The Morgan fingerprint density at radius 2 is 2.07 bits per heavy atom. The minimum atomic E-state index is -0.555. The molecule has 4 rings (SSSR count). The summed E-state index contributed by atoms with van der Waals surface area (Å²) in [5, 5.41) is 6.31. The Morgan fingerprint density at radius 1 is 1.33 bits per heavy atom. The minimum absolute atomic E-state index is 0.198. The molecule has 0 aromatic carbocycles. The highest BCUT2D eigenvalue weighted by molar-refractivity contribution is 6.05. The molecule has 2 aromatic rings. The molecule has 2 fully saturated rings. The summed E-state index contributed by atoms with van der Waals surface area (Å²) >= 11 is 0. The average Bonchev–Trinajstić information content (AvgIpc) is 3.40. The maximum Gasteiger partial charge on any atom is 0.330 e. The van der Waals surface area contributed by atoms with E-state index in [1.807, 2.05) is 13.8 Å². The molecule has 3 heterocycles. The highest BCUT2D eigenvalue weighted by atomic mass is 16.2. The Bertz CT molecular complexity index is 999. The van der Waals surface area contributed by atoms with Crippen molar-refractivity contribution in [3.63, 3.8) is 0 Å². The van der Waals surface area contributed by atoms with Gasteiger partial charge in [-0.25, -0.2) is 9.78 Å². The van der Waals surface area contributed by atoms with Crippen molar-refractivity contribution in [3.05, 3.63) is 38.2 Å². The summed E-state index contributed by atoms with van der Waals surface area (Å²) in [6, 6.07) is 1.73. The molecule has 8 heteroatoms. The van der Waals surface area contributed by atoms with Gasteiger partial charge >= 0.3 is 5.69 Å². The van der Waals surface area contributed by atoms with E-state index in [4.69, 9.17) is 0 Å². The Kier molecular flexibility index (Phi) is 4.59. The smallest absolute Gasteiger partial charge is 0.330 e. The molecule has 2 aromatic heterocycles. The predicted octanol–water partition coefficient (Wildman–Crippen LogP) is 0.567. The summed E-state index contributed by atoms with van der Waals surface area (Å²) in [5.74, 6) is 0.643. The van der Waals surface area contributed by atoms with Crippen LogP contribution in [0, 0.1) is 11.8 Å². The van der Waals surface area contributed by atoms with Gasteiger partial charge in [-0.3, -0.25) is 19.1 Å². The Hall–Kier alpha value is -2.48. The molecular formula is C19H25N5O3. The fourth-order valence-corrected chi connectivity index (χ4v) is 3.42. The molecule has 144 valence electrons. The molecule has 1 amide bonds. The molecule has 3 N–H and O–H groups in total. The van der Waals surface area contributed by atoms with Crippen molar-refractivity contribution in [2.75, 3.05) is 19.6 Å². The van der Waals surface area contributed by atoms with E-state index in [1.165, 1.54) is 4.57 Å². The van der Waals surface area contributed by atoms with Crippen LogP contribution >= 0.6 is 0 Å². The van der Waals surface area contributed by atoms with Crippen LogP contribution in [0.5, 0.6) is 0 Å². The number of aromatic nitrogens is 3. The highest BCUT2D eigenvalue weighted by Gasteiger charge is 2.29. The maximum absolute atomic E-state index is 12.9. The number of H-pyrrole nitrogens is 1. The van der Waals surface area contributed by atoms with E-state index in [1.54, 1.807) is 6.07 Å². The molecule has 0 atom stereocenters. The number of fused-ring (bicyclic) bond motifs is 1. The second kappa shape index (κ2) is 6.92. The van der Waals surface area contributed by atoms with Gasteiger partial charge in [0.1, 0.15) is 0 Å². The lowest BCUT2D eigenvalue weighted by Crippen LogP contribution is -2.48. The summed E-state index contributed by atoms with van der Waals surface area (Å²) in [6.45, 7) is 6.77. The Labute approximate surface area is 156 Å². The van der Waals surface area contributed by atoms with Crippen LogP contribution in [0.15, 0.2) is 15.7 Å². The van der Waals surface area contributed by atoms with E-state index in [2.05, 4.69) is 20.6 Å². The lowest BCUT2D eigenvalue weighted by atomic mass is 10.0. The molecule has 0 radical (unpaired) electrons. The van der Waals surface area contributed by atoms with Gasteiger partial charge in [0.25, 0.3) is 11.5 Å². The molecule has 0 spiro atoms. The fraction of sp³-hybridized carbons (Fsp3) is 0.579. The van der Waals surface area contributed by atoms with E-state index in [0.717, 1.165) is 31.6 Å². The van der Waals surface area contributed by atoms with Gasteiger partial charge in [-0.05, 0) is 24.8 Å². The summed E-state index contributed by atoms with van der Waals surface area (Å²) in [6.07, 6.45) is 2.04. The van der Waals surface area contributed by atoms with Crippen LogP contribution in [0.25, 0.3) is 11.0 Å². The fourth-order valence-electron chi connectivity index (χ4n) is 3.42. The van der Waals surface area contributed by atoms with Gasteiger partial charge < -0.3 is 10.6 Å². The Morgan fingerprint density at radius 3 is 2.67 bits per heavy atom. The summed E-state index contributed by atoms with van der Waals surface area (Å²) in [5.41, 5.74) is 0.388. The van der Waals surface area contributed by atoms with Gasteiger partial charge in [-0.15, -0.1) is 0 Å². The van der Waals surface area contributed by atoms with E-state index in [0.29, 0.717) is 36.1 Å². The highest BCUT2D eigenvalue weighted by Crippen LogP contribution is 2.39. The van der Waals surface area contributed by atoms with Crippen LogP contribution in [0.4, 0.5) is 0 Å². The number of hydrogen-bond donors (Lipinski definition) is 3. The SMILES string of the molecule is CC(C)Cn1c(=O)[nH]c(=O)c2c(C(=O)NCC3CNC3)cc(C3CC3)nc21. The molecule has 1 saturated carbocycles. The van der Waals surface area contributed by atoms with Gasteiger partial charge in [-0.2, -0.15) is 0 Å². The van der Waals surface area contributed by atoms with Crippen LogP contribution in [0.2, 0.25) is 0 Å². The second-order valence-corrected chi connectivity index (χ2v) is 8.07. The first-order chi connectivity index (χ1) is 12.9. The normalized spacial score (nSPS) is 17.3. The first kappa shape index (κ1) is 17.9. The van der Waals surface area contributed by atoms with Crippen LogP contribution in [0.3, 0.4) is 0 Å². The third-order valence-corrected chi connectivity index (χ3v) is 5.17. The lowest BCUT2D eigenvalue weighted by molar-refractivity contribution is 0.0943. The summed E-state index contributed by atoms with van der Waals surface area (Å²) in [4.78, 5) is 44.8. The number of rotatable bonds is 6. The molecule has 1 saturated heterocycles. The van der Waals surface area contributed by atoms with Crippen molar-refractivity contribution in [3.8, 4) is 0 Å². The minimum Gasteiger partial charge on any atom is -0.352 e. The third kappa shape index (κ3) is 3.53. The molecular weight excluding hydrogens is 346 g/mol. The number of pyridine rings is 1. The van der Waals surface area contributed by atoms with Gasteiger partial charge in [0, 0.05) is 43.7 Å². The van der Waals surface area contributed by atoms with Gasteiger partial charge in [0.15, 0.2) is 5.65 Å². The van der Waals surface area contributed by atoms with Crippen LogP contribution in [-0.4, -0.2) is 40.1 Å². The number of hydrogen-bond acceptors (Lipinski definition) is 5. The Balaban J connectivity index is 1.84. The van der Waals surface area contributed by atoms with Crippen LogP contribution < -0.4 is 21.9 Å². The zero-order valence-electron chi connectivity index (χ0n) is 15.7. The number of amides is 1. The first-order valence-corrected chi connectivity index (χ1v) is 9.60. The number of carbonyl (C=O) groups excluding carboxylic acids is 1. The largest absolute Gasteiger partial charge is 0.352 e. The molecule has 27 heavy (non-hydrogen) atoms. The number of carbonyl (C=O) groups is 1. The maximum atomic E-state index is 12.9. The van der Waals surface area contributed by atoms with Crippen LogP contribution in [0.1, 0.15) is 48.7 Å². The molecule has 1 aliphatic carbocycles. The van der Waals surface area contributed by atoms with Crippen molar-refractivity contribution >= 4 is 16.9 Å². The van der Waals surface area contributed by atoms with Gasteiger partial charge in [0.05, 0.1) is 10.9 Å². The standard InChI is InChI=1S/C19H25N5O3/c1-10(2)9-24-16-15(18(26)23-19(24)27)13(5-14(22-16)12-3-4-12)17(25)21-8-11-6-20-7-11/h5,10-12,20H,3-4,6-9H2,1-2H3,(H,21,25)(H,23,26,27). The van der Waals surface area contributed by atoms with Crippen molar-refractivity contribution in [1.29, 1.82) is 0 Å². The first-order valence-electron chi connectivity index (χ1n) is 9.60. The van der Waals surface area contributed by atoms with Crippen LogP contribution in [-0.2, 0) is 6.54 Å². The lowest BCUT2D eigenvalue weighted by Gasteiger charge is -2.27. The quantitative estimate of drug-likeness (QED) is 0.688. The second-order valence-electron chi connectivity index (χ2n) is 8.07. The summed E-state index contributed by atoms with van der Waals surface area (Å²) < 4.78 is 1.49. The third-order valence-electron chi connectivity index (χ3n) is 5.17. The zero-order valence-corrected chi connectivity index (χ0v) is 15.7. The number of aromatic amines is 1. The van der Waals surface area contributed by atoms with E-state index in [-0.39, 0.29) is 17.2 Å².